The molecule has 4 aromatic heterocycles. The molecule has 2 aromatic carbocycles. The maximum absolute atomic E-state index is 13.0. The Bertz CT molecular complexity index is 2910. The number of aromatic amines is 2. The highest BCUT2D eigenvalue weighted by molar-refractivity contribution is 6.66. The molecule has 10 rings (SSSR count). The van der Waals surface area contributed by atoms with Gasteiger partial charge in [-0.2, -0.15) is 0 Å². The summed E-state index contributed by atoms with van der Waals surface area (Å²) in [6.07, 6.45) is 20.9. The minimum Gasteiger partial charge on any atom is -0.360 e. The van der Waals surface area contributed by atoms with Crippen LogP contribution in [-0.2, 0) is 19.2 Å². The molecule has 4 fully saturated rings. The van der Waals surface area contributed by atoms with Crippen molar-refractivity contribution in [2.24, 2.45) is 11.8 Å². The summed E-state index contributed by atoms with van der Waals surface area (Å²) in [6.45, 7) is 9.59. The molecule has 16 nitrogen and oxygen atoms in total. The molecule has 0 bridgehead atoms. The van der Waals surface area contributed by atoms with Gasteiger partial charge in [-0.25, -0.2) is 19.9 Å². The average Bonchev–Trinajstić information content (AvgIpc) is 4.05. The van der Waals surface area contributed by atoms with Gasteiger partial charge in [0.2, 0.25) is 34.9 Å². The molecule has 6 atom stereocenters. The molecule has 1 unspecified atom stereocenters. The Morgan fingerprint density at radius 1 is 0.653 bits per heavy atom. The number of benzene rings is 2. The second-order valence-electron chi connectivity index (χ2n) is 19.1. The number of carbonyl (C=O) groups is 4. The molecule has 75 heavy (non-hydrogen) atoms. The van der Waals surface area contributed by atoms with Crippen LogP contribution in [0.4, 0.5) is 11.9 Å². The summed E-state index contributed by atoms with van der Waals surface area (Å²) >= 11 is 17.7. The van der Waals surface area contributed by atoms with Gasteiger partial charge < -0.3 is 41.5 Å². The molecule has 2 saturated carbocycles. The number of piperidine rings is 2. The number of likely N-dealkylation sites (tertiary alicyclic amines) is 1. The normalized spacial score (nSPS) is 21.2. The van der Waals surface area contributed by atoms with Crippen molar-refractivity contribution >= 4 is 104 Å². The van der Waals surface area contributed by atoms with Crippen LogP contribution in [0.25, 0.3) is 44.3 Å². The largest absolute Gasteiger partial charge is 0.360 e. The Kier molecular flexibility index (Phi) is 21.9. The summed E-state index contributed by atoms with van der Waals surface area (Å²) in [4.78, 5) is 73.6. The van der Waals surface area contributed by atoms with E-state index in [0.717, 1.165) is 129 Å². The molecule has 6 aromatic rings. The van der Waals surface area contributed by atoms with E-state index in [9.17, 15) is 19.2 Å². The van der Waals surface area contributed by atoms with Gasteiger partial charge >= 0.3 is 0 Å². The third-order valence-electron chi connectivity index (χ3n) is 14.0. The van der Waals surface area contributed by atoms with E-state index in [4.69, 9.17) is 44.8 Å². The van der Waals surface area contributed by atoms with Crippen molar-refractivity contribution in [3.8, 4) is 22.5 Å². The Hall–Kier alpha value is -6.04. The van der Waals surface area contributed by atoms with E-state index < -0.39 is 5.24 Å². The van der Waals surface area contributed by atoms with E-state index >= 15 is 0 Å². The van der Waals surface area contributed by atoms with Crippen LogP contribution in [0.15, 0.2) is 98.6 Å². The number of nitrogens with one attached hydrogen (secondary N) is 7. The quantitative estimate of drug-likeness (QED) is 0.0452. The number of rotatable bonds is 12. The molecule has 0 spiro atoms. The van der Waals surface area contributed by atoms with E-state index in [-0.39, 0.29) is 73.6 Å². The van der Waals surface area contributed by atoms with Crippen molar-refractivity contribution in [1.29, 1.82) is 0 Å². The lowest BCUT2D eigenvalue weighted by Crippen LogP contribution is -2.49. The van der Waals surface area contributed by atoms with E-state index in [1.807, 2.05) is 54.9 Å². The van der Waals surface area contributed by atoms with Crippen LogP contribution in [-0.4, -0.2) is 108 Å². The number of allylic oxidation sites excluding steroid dienone is 1. The van der Waals surface area contributed by atoms with E-state index in [0.29, 0.717) is 46.4 Å². The van der Waals surface area contributed by atoms with Crippen LogP contribution in [0.5, 0.6) is 0 Å². The predicted molar refractivity (Wildman–Crippen MR) is 304 cm³/mol. The van der Waals surface area contributed by atoms with E-state index in [1.54, 1.807) is 17.3 Å². The van der Waals surface area contributed by atoms with Gasteiger partial charge in [0.25, 0.3) is 0 Å². The predicted octanol–water partition coefficient (Wildman–Crippen LogP) is 10.7. The minimum absolute atomic E-state index is 0. The summed E-state index contributed by atoms with van der Waals surface area (Å²) in [5.41, 5.74) is 5.37. The van der Waals surface area contributed by atoms with Crippen molar-refractivity contribution < 1.29 is 19.2 Å². The fourth-order valence-corrected chi connectivity index (χ4v) is 10.7. The van der Waals surface area contributed by atoms with Crippen LogP contribution < -0.4 is 26.6 Å². The maximum Gasteiger partial charge on any atom is 0.245 e. The zero-order chi connectivity index (χ0) is 51.3. The number of amides is 3. The molecular weight excluding hydrogens is 1030 g/mol. The fourth-order valence-electron chi connectivity index (χ4n) is 10.3. The summed E-state index contributed by atoms with van der Waals surface area (Å²) in [6, 6.07) is 16.8. The van der Waals surface area contributed by atoms with Gasteiger partial charge in [0.05, 0.1) is 45.7 Å². The monoisotopic (exact) mass is 1100 g/mol. The number of halogens is 4. The van der Waals surface area contributed by atoms with Crippen molar-refractivity contribution in [3.05, 3.63) is 109 Å². The first-order chi connectivity index (χ1) is 35.5. The number of para-hydroxylation sites is 2. The van der Waals surface area contributed by atoms with Crippen LogP contribution >= 0.6 is 47.2 Å². The molecule has 0 radical (unpaired) electrons. The highest BCUT2D eigenvalue weighted by Gasteiger charge is 2.32. The Morgan fingerprint density at radius 3 is 1.61 bits per heavy atom. The van der Waals surface area contributed by atoms with Gasteiger partial charge in [-0.1, -0.05) is 80.2 Å². The third-order valence-corrected chi connectivity index (χ3v) is 14.7. The zero-order valence-electron chi connectivity index (χ0n) is 41.2. The molecule has 2 aliphatic heterocycles. The highest BCUT2D eigenvalue weighted by atomic mass is 35.5. The number of fused-ring (bicyclic) bond motifs is 2. The first kappa shape index (κ1) is 58.2. The molecule has 7 N–H and O–H groups in total. The number of hydrogen-bond donors (Lipinski definition) is 7. The van der Waals surface area contributed by atoms with Gasteiger partial charge in [0.15, 0.2) is 0 Å². The molecule has 2 saturated heterocycles. The van der Waals surface area contributed by atoms with Crippen LogP contribution in [0.1, 0.15) is 84.5 Å². The molecule has 3 amide bonds. The number of nitrogens with zero attached hydrogens (tertiary/aromatic N) is 5. The number of H-pyrrole nitrogens is 2. The van der Waals surface area contributed by atoms with Gasteiger partial charge in [0, 0.05) is 89.1 Å². The first-order valence-corrected chi connectivity index (χ1v) is 26.4. The zero-order valence-corrected chi connectivity index (χ0v) is 44.3. The maximum atomic E-state index is 13.0. The second kappa shape index (κ2) is 28.2. The number of carbonyl (C=O) groups excluding carboxylic acids is 4. The van der Waals surface area contributed by atoms with Crippen molar-refractivity contribution in [1.82, 2.24) is 50.8 Å². The van der Waals surface area contributed by atoms with Crippen LogP contribution in [0.2, 0.25) is 10.0 Å². The van der Waals surface area contributed by atoms with Crippen molar-refractivity contribution in [3.63, 3.8) is 0 Å². The topological polar surface area (TPSA) is 215 Å². The van der Waals surface area contributed by atoms with Gasteiger partial charge in [-0.3, -0.25) is 19.2 Å². The minimum atomic E-state index is -0.509. The first-order valence-electron chi connectivity index (χ1n) is 25.2. The Morgan fingerprint density at radius 2 is 1.13 bits per heavy atom. The molecular formula is C55H68Cl4N12O4. The molecule has 20 heteroatoms. The lowest BCUT2D eigenvalue weighted by molar-refractivity contribution is -0.132. The average molecular weight is 1100 g/mol. The summed E-state index contributed by atoms with van der Waals surface area (Å²) in [7, 11) is 0. The third kappa shape index (κ3) is 15.5. The molecule has 2 aliphatic carbocycles. The number of aromatic nitrogens is 6. The Labute approximate surface area is 459 Å². The van der Waals surface area contributed by atoms with E-state index in [2.05, 4.69) is 65.7 Å². The van der Waals surface area contributed by atoms with Gasteiger partial charge in [-0.05, 0) is 119 Å². The van der Waals surface area contributed by atoms with Crippen molar-refractivity contribution in [2.45, 2.75) is 109 Å². The lowest BCUT2D eigenvalue weighted by atomic mass is 9.90. The van der Waals surface area contributed by atoms with Gasteiger partial charge in [-0.15, -0.1) is 12.4 Å². The van der Waals surface area contributed by atoms with Crippen molar-refractivity contribution in [2.75, 3.05) is 36.8 Å². The molecule has 4 aliphatic rings. The SMILES string of the molecule is C.C=CC(=O)Cl.C=CC(=O)N1CCC[C@@H](C(=O)N[C@H]2CCC[C@@H](Nc3ncc(Cl)c(-c4c[nH]c5ccccc45)n3)C2)C1.Cl.O=C(NC1CCC[C@@H](Nc2ncc(Cl)c(-c3c[nH]c4ccccc34)n2)C1)[C@@H]1CCCNC1. The fraction of sp³-hybridized carbons (Fsp3) is 0.418. The van der Waals surface area contributed by atoms with Crippen LogP contribution in [0.3, 0.4) is 0 Å². The summed E-state index contributed by atoms with van der Waals surface area (Å²) in [5.74, 6) is 1.14. The highest BCUT2D eigenvalue weighted by Crippen LogP contribution is 2.35. The van der Waals surface area contributed by atoms with Crippen LogP contribution in [0, 0.1) is 11.8 Å². The Balaban J connectivity index is 0.000000219. The molecule has 6 heterocycles. The summed E-state index contributed by atoms with van der Waals surface area (Å²) < 4.78 is 0. The standard InChI is InChI=1S/C27H31ClN6O2.C24H29ClN6O.C3H3ClO.CH4.ClH/c1-2-24(35)34-12-6-7-17(16-34)26(36)31-18-8-5-9-19(13-18)32-27-30-15-22(28)25(33-27)21-14-29-23-11-4-3-10-20(21)23;25-20-14-28-24(31-22(20)19-13-27-21-9-2-1-8-18(19)21)30-17-7-3-6-16(11-17)29-23(32)15-5-4-10-26-12-15;1-2-3(4)5;;/h2-4,10-11,14-15,17-19,29H,1,5-9,12-13,16H2,(H,31,36)(H,30,32,33);1-2,8-9,13-17,26-27H,3-7,10-12H2,(H,29,32)(H,28,30,31);2H,1H2;1H4;1H/t17-,18+,19-;15-,16?,17-;;;/m11.../s1. The smallest absolute Gasteiger partial charge is 0.245 e. The number of hydrogen-bond acceptors (Lipinski definition) is 11. The number of anilines is 2. The summed E-state index contributed by atoms with van der Waals surface area (Å²) in [5, 5.41) is 19.4. The molecule has 400 valence electrons. The second-order valence-corrected chi connectivity index (χ2v) is 20.3. The lowest BCUT2D eigenvalue weighted by Gasteiger charge is -2.34. The van der Waals surface area contributed by atoms with Gasteiger partial charge in [0.1, 0.15) is 0 Å². The van der Waals surface area contributed by atoms with E-state index in [1.165, 1.54) is 6.08 Å².